The second-order valence-corrected chi connectivity index (χ2v) is 7.39. The Morgan fingerprint density at radius 3 is 2.80 bits per heavy atom. The lowest BCUT2D eigenvalue weighted by Gasteiger charge is -2.36. The van der Waals surface area contributed by atoms with Gasteiger partial charge in [0.1, 0.15) is 0 Å². The van der Waals surface area contributed by atoms with Crippen LogP contribution in [-0.2, 0) is 11.3 Å². The Morgan fingerprint density at radius 1 is 1.28 bits per heavy atom. The fraction of sp³-hybridized carbons (Fsp3) is 0.632. The number of ether oxygens (including phenoxy) is 1. The quantitative estimate of drug-likeness (QED) is 0.764. The first kappa shape index (κ1) is 18.5. The van der Waals surface area contributed by atoms with E-state index < -0.39 is 5.82 Å². The third kappa shape index (κ3) is 4.45. The van der Waals surface area contributed by atoms with Gasteiger partial charge in [-0.2, -0.15) is 0 Å². The van der Waals surface area contributed by atoms with Crippen LogP contribution in [0.2, 0.25) is 5.02 Å². The van der Waals surface area contributed by atoms with Crippen molar-refractivity contribution >= 4 is 17.5 Å². The summed E-state index contributed by atoms with van der Waals surface area (Å²) in [5, 5.41) is 0.314. The number of nitrogens with zero attached hydrogens (tertiary/aromatic N) is 2. The van der Waals surface area contributed by atoms with Crippen LogP contribution in [0.3, 0.4) is 0 Å². The van der Waals surface area contributed by atoms with E-state index in [0.29, 0.717) is 24.0 Å². The Kier molecular flexibility index (Phi) is 6.18. The Balaban J connectivity index is 1.63. The van der Waals surface area contributed by atoms with E-state index in [0.717, 1.165) is 50.9 Å². The predicted molar refractivity (Wildman–Crippen MR) is 96.4 cm³/mol. The third-order valence-electron chi connectivity index (χ3n) is 5.30. The first-order valence-corrected chi connectivity index (χ1v) is 9.50. The molecule has 138 valence electrons. The number of halogens is 2. The molecule has 0 unspecified atom stereocenters. The number of carbonyl (C=O) groups excluding carboxylic acids is 1. The number of benzene rings is 1. The van der Waals surface area contributed by atoms with Gasteiger partial charge in [0.05, 0.1) is 12.1 Å². The van der Waals surface area contributed by atoms with E-state index >= 15 is 0 Å². The molecule has 0 aliphatic carbocycles. The number of likely N-dealkylation sites (tertiary alicyclic amines) is 2. The highest BCUT2D eigenvalue weighted by Crippen LogP contribution is 2.30. The first-order chi connectivity index (χ1) is 12.1. The van der Waals surface area contributed by atoms with Gasteiger partial charge in [0.15, 0.2) is 11.6 Å². The second-order valence-electron chi connectivity index (χ2n) is 6.99. The molecule has 3 rings (SSSR count). The normalized spacial score (nSPS) is 21.8. The zero-order valence-corrected chi connectivity index (χ0v) is 15.5. The molecule has 0 saturated carbocycles. The second kappa shape index (κ2) is 8.37. The van der Waals surface area contributed by atoms with Crippen LogP contribution in [-0.4, -0.2) is 48.5 Å². The molecule has 0 aromatic heterocycles. The van der Waals surface area contributed by atoms with Gasteiger partial charge in [-0.05, 0) is 49.9 Å². The third-order valence-corrected chi connectivity index (χ3v) is 5.58. The van der Waals surface area contributed by atoms with Crippen molar-refractivity contribution in [1.29, 1.82) is 0 Å². The van der Waals surface area contributed by atoms with Crippen molar-refractivity contribution in [3.8, 4) is 5.75 Å². The van der Waals surface area contributed by atoms with Crippen LogP contribution in [0.5, 0.6) is 5.75 Å². The van der Waals surface area contributed by atoms with Gasteiger partial charge in [-0.3, -0.25) is 9.69 Å². The molecule has 1 aromatic carbocycles. The lowest BCUT2D eigenvalue weighted by molar-refractivity contribution is -0.127. The maximum Gasteiger partial charge on any atom is 0.222 e. The van der Waals surface area contributed by atoms with Crippen LogP contribution in [0.15, 0.2) is 12.1 Å². The topological polar surface area (TPSA) is 32.8 Å². The maximum atomic E-state index is 14.1. The fourth-order valence-corrected chi connectivity index (χ4v) is 4.28. The summed E-state index contributed by atoms with van der Waals surface area (Å²) in [5.41, 5.74) is 0.868. The van der Waals surface area contributed by atoms with Crippen molar-refractivity contribution in [3.63, 3.8) is 0 Å². The monoisotopic (exact) mass is 368 g/mol. The number of methoxy groups -OCH3 is 1. The Morgan fingerprint density at radius 2 is 2.12 bits per heavy atom. The molecule has 4 nitrogen and oxygen atoms in total. The van der Waals surface area contributed by atoms with Crippen LogP contribution in [0.4, 0.5) is 4.39 Å². The molecule has 0 radical (unpaired) electrons. The molecule has 2 aliphatic rings. The number of piperidine rings is 1. The van der Waals surface area contributed by atoms with Gasteiger partial charge >= 0.3 is 0 Å². The molecule has 2 heterocycles. The average Bonchev–Trinajstić information content (AvgIpc) is 2.99. The van der Waals surface area contributed by atoms with E-state index in [4.69, 9.17) is 16.3 Å². The lowest BCUT2D eigenvalue weighted by Crippen LogP contribution is -2.41. The fourth-order valence-electron chi connectivity index (χ4n) is 3.97. The van der Waals surface area contributed by atoms with E-state index in [1.807, 2.05) is 4.90 Å². The molecular formula is C19H26ClFN2O2. The molecule has 1 aromatic rings. The number of carbonyl (C=O) groups is 1. The predicted octanol–water partition coefficient (Wildman–Crippen LogP) is 3.85. The molecule has 0 bridgehead atoms. The molecule has 2 saturated heterocycles. The number of rotatable bonds is 6. The first-order valence-electron chi connectivity index (χ1n) is 9.12. The zero-order valence-electron chi connectivity index (χ0n) is 14.8. The molecule has 2 fully saturated rings. The highest BCUT2D eigenvalue weighted by Gasteiger charge is 2.26. The SMILES string of the molecule is COc1c(F)cc(CN2CCCC[C@H]2CCN2CCCC2=O)cc1Cl. The molecule has 6 heteroatoms. The van der Waals surface area contributed by atoms with Crippen molar-refractivity contribution in [1.82, 2.24) is 9.80 Å². The summed E-state index contributed by atoms with van der Waals surface area (Å²) in [5.74, 6) is -0.0271. The molecule has 0 spiro atoms. The highest BCUT2D eigenvalue weighted by atomic mass is 35.5. The van der Waals surface area contributed by atoms with E-state index in [1.54, 1.807) is 6.07 Å². The van der Waals surface area contributed by atoms with Crippen LogP contribution < -0.4 is 4.74 Å². The summed E-state index contributed by atoms with van der Waals surface area (Å²) in [6, 6.07) is 3.74. The summed E-state index contributed by atoms with van der Waals surface area (Å²) in [7, 11) is 1.42. The van der Waals surface area contributed by atoms with Crippen LogP contribution in [0.25, 0.3) is 0 Å². The minimum atomic E-state index is -0.416. The van der Waals surface area contributed by atoms with Gasteiger partial charge in [0.2, 0.25) is 5.91 Å². The van der Waals surface area contributed by atoms with E-state index in [-0.39, 0.29) is 11.7 Å². The summed E-state index contributed by atoms with van der Waals surface area (Å²) >= 11 is 6.12. The van der Waals surface area contributed by atoms with E-state index in [1.165, 1.54) is 19.6 Å². The smallest absolute Gasteiger partial charge is 0.222 e. The molecule has 1 amide bonds. The number of amides is 1. The highest BCUT2D eigenvalue weighted by molar-refractivity contribution is 6.32. The van der Waals surface area contributed by atoms with Gasteiger partial charge in [-0.15, -0.1) is 0 Å². The Bertz CT molecular complexity index is 602. The molecular weight excluding hydrogens is 343 g/mol. The maximum absolute atomic E-state index is 14.1. The number of hydrogen-bond donors (Lipinski definition) is 0. The van der Waals surface area contributed by atoms with Crippen molar-refractivity contribution in [2.45, 2.75) is 51.1 Å². The molecule has 25 heavy (non-hydrogen) atoms. The molecule has 0 N–H and O–H groups in total. The molecule has 1 atom stereocenters. The van der Waals surface area contributed by atoms with E-state index in [9.17, 15) is 9.18 Å². The zero-order chi connectivity index (χ0) is 17.8. The number of hydrogen-bond acceptors (Lipinski definition) is 3. The Labute approximate surface area is 153 Å². The van der Waals surface area contributed by atoms with E-state index in [2.05, 4.69) is 4.90 Å². The van der Waals surface area contributed by atoms with Crippen molar-refractivity contribution in [2.75, 3.05) is 26.7 Å². The lowest BCUT2D eigenvalue weighted by atomic mass is 9.98. The van der Waals surface area contributed by atoms with Gasteiger partial charge < -0.3 is 9.64 Å². The summed E-state index contributed by atoms with van der Waals surface area (Å²) in [6.45, 7) is 3.41. The van der Waals surface area contributed by atoms with Crippen molar-refractivity contribution in [3.05, 3.63) is 28.5 Å². The molecule has 2 aliphatic heterocycles. The summed E-state index contributed by atoms with van der Waals surface area (Å²) in [6.07, 6.45) is 6.17. The van der Waals surface area contributed by atoms with Gasteiger partial charge in [0.25, 0.3) is 0 Å². The minimum Gasteiger partial charge on any atom is -0.492 e. The van der Waals surface area contributed by atoms with Crippen LogP contribution in [0.1, 0.15) is 44.1 Å². The Hall–Kier alpha value is -1.33. The minimum absolute atomic E-state index is 0.105. The van der Waals surface area contributed by atoms with Gasteiger partial charge in [-0.25, -0.2) is 4.39 Å². The summed E-state index contributed by atoms with van der Waals surface area (Å²) in [4.78, 5) is 16.2. The summed E-state index contributed by atoms with van der Waals surface area (Å²) < 4.78 is 19.1. The van der Waals surface area contributed by atoms with Crippen LogP contribution in [0, 0.1) is 5.82 Å². The van der Waals surface area contributed by atoms with Crippen LogP contribution >= 0.6 is 11.6 Å². The van der Waals surface area contributed by atoms with Gasteiger partial charge in [0, 0.05) is 32.1 Å². The van der Waals surface area contributed by atoms with Crippen molar-refractivity contribution < 1.29 is 13.9 Å². The van der Waals surface area contributed by atoms with Gasteiger partial charge in [-0.1, -0.05) is 18.0 Å². The van der Waals surface area contributed by atoms with Crippen molar-refractivity contribution in [2.24, 2.45) is 0 Å². The average molecular weight is 369 g/mol. The standard InChI is InChI=1S/C19H26ClFN2O2/c1-25-19-16(20)11-14(12-17(19)21)13-23-8-3-2-5-15(23)7-10-22-9-4-6-18(22)24/h11-12,15H,2-10,13H2,1H3/t15-/m0/s1. The largest absolute Gasteiger partial charge is 0.492 e.